The highest BCUT2D eigenvalue weighted by Crippen LogP contribution is 2.33. The van der Waals surface area contributed by atoms with Crippen LogP contribution in [0.2, 0.25) is 0 Å². The summed E-state index contributed by atoms with van der Waals surface area (Å²) in [6.45, 7) is 1.64. The Bertz CT molecular complexity index is 1130. The highest BCUT2D eigenvalue weighted by Gasteiger charge is 2.27. The third-order valence-corrected chi connectivity index (χ3v) is 7.02. The molecule has 1 amide bonds. The lowest BCUT2D eigenvalue weighted by Gasteiger charge is -2.38. The first kappa shape index (κ1) is 21.9. The number of piperidine rings is 1. The molecular formula is C26H24FN3OS. The van der Waals surface area contributed by atoms with E-state index in [9.17, 15) is 14.4 Å². The molecule has 0 N–H and O–H groups in total. The van der Waals surface area contributed by atoms with Crippen LogP contribution in [0, 0.1) is 17.1 Å². The molecular weight excluding hydrogens is 421 g/mol. The molecule has 0 saturated carbocycles. The molecule has 6 heteroatoms. The Hall–Kier alpha value is -3.30. The maximum Gasteiger partial charge on any atom is 0.254 e. The van der Waals surface area contributed by atoms with Crippen LogP contribution in [0.1, 0.15) is 28.8 Å². The highest BCUT2D eigenvalue weighted by molar-refractivity contribution is 7.99. The Morgan fingerprint density at radius 1 is 1.00 bits per heavy atom. The molecule has 1 fully saturated rings. The number of benzene rings is 3. The van der Waals surface area contributed by atoms with Crippen molar-refractivity contribution in [3.05, 3.63) is 89.7 Å². The van der Waals surface area contributed by atoms with E-state index < -0.39 is 0 Å². The molecule has 1 heterocycles. The van der Waals surface area contributed by atoms with Gasteiger partial charge in [-0.05, 0) is 61.4 Å². The van der Waals surface area contributed by atoms with Crippen LogP contribution in [0.25, 0.3) is 0 Å². The molecule has 1 saturated heterocycles. The number of hydrogen-bond acceptors (Lipinski definition) is 4. The van der Waals surface area contributed by atoms with Crippen molar-refractivity contribution in [1.82, 2.24) is 4.90 Å². The summed E-state index contributed by atoms with van der Waals surface area (Å²) in [6.07, 6.45) is 1.71. The molecule has 0 unspecified atom stereocenters. The van der Waals surface area contributed by atoms with Crippen molar-refractivity contribution >= 4 is 23.4 Å². The molecule has 4 nitrogen and oxygen atoms in total. The van der Waals surface area contributed by atoms with Crippen molar-refractivity contribution in [3.63, 3.8) is 0 Å². The van der Waals surface area contributed by atoms with E-state index in [0.717, 1.165) is 41.4 Å². The molecule has 3 aromatic rings. The first-order valence-corrected chi connectivity index (χ1v) is 11.4. The van der Waals surface area contributed by atoms with Crippen LogP contribution in [0.3, 0.4) is 0 Å². The van der Waals surface area contributed by atoms with E-state index in [1.54, 1.807) is 18.2 Å². The summed E-state index contributed by atoms with van der Waals surface area (Å²) in [6, 6.07) is 23.9. The van der Waals surface area contributed by atoms with Gasteiger partial charge in [0.2, 0.25) is 0 Å². The maximum atomic E-state index is 13.4. The largest absolute Gasteiger partial charge is 0.371 e. The number of carbonyl (C=O) groups excluding carboxylic acids is 1. The highest BCUT2D eigenvalue weighted by atomic mass is 32.2. The van der Waals surface area contributed by atoms with Crippen LogP contribution in [-0.2, 0) is 0 Å². The zero-order valence-electron chi connectivity index (χ0n) is 17.9. The topological polar surface area (TPSA) is 47.3 Å². The molecule has 1 aliphatic rings. The second kappa shape index (κ2) is 9.88. The summed E-state index contributed by atoms with van der Waals surface area (Å²) < 4.78 is 13.2. The lowest BCUT2D eigenvalue weighted by molar-refractivity contribution is 0.0705. The van der Waals surface area contributed by atoms with E-state index in [-0.39, 0.29) is 17.8 Å². The van der Waals surface area contributed by atoms with Gasteiger partial charge in [0.1, 0.15) is 11.9 Å². The fourth-order valence-electron chi connectivity index (χ4n) is 4.02. The molecule has 4 rings (SSSR count). The molecule has 0 atom stereocenters. The van der Waals surface area contributed by atoms with Gasteiger partial charge in [0.05, 0.1) is 11.1 Å². The van der Waals surface area contributed by atoms with Gasteiger partial charge in [-0.25, -0.2) is 4.39 Å². The minimum Gasteiger partial charge on any atom is -0.371 e. The molecule has 0 aliphatic carbocycles. The fraction of sp³-hybridized carbons (Fsp3) is 0.231. The normalized spacial score (nSPS) is 14.1. The van der Waals surface area contributed by atoms with Gasteiger partial charge in [0.25, 0.3) is 5.91 Å². The molecule has 0 aromatic heterocycles. The first-order valence-electron chi connectivity index (χ1n) is 10.6. The minimum absolute atomic E-state index is 0.0113. The SMILES string of the molecule is CN(C(=O)c1ccccc1Sc1ccccc1C#N)C1CCN(c2ccc(F)cc2)CC1. The van der Waals surface area contributed by atoms with Crippen LogP contribution in [0.15, 0.2) is 82.6 Å². The summed E-state index contributed by atoms with van der Waals surface area (Å²) in [5.74, 6) is -0.245. The average molecular weight is 446 g/mol. The molecule has 32 heavy (non-hydrogen) atoms. The summed E-state index contributed by atoms with van der Waals surface area (Å²) in [5.41, 5.74) is 2.26. The average Bonchev–Trinajstić information content (AvgIpc) is 2.84. The van der Waals surface area contributed by atoms with Gasteiger partial charge in [-0.2, -0.15) is 5.26 Å². The van der Waals surface area contributed by atoms with Crippen molar-refractivity contribution in [3.8, 4) is 6.07 Å². The van der Waals surface area contributed by atoms with Gasteiger partial charge in [-0.1, -0.05) is 36.0 Å². The minimum atomic E-state index is -0.233. The second-order valence-electron chi connectivity index (χ2n) is 7.82. The van der Waals surface area contributed by atoms with E-state index in [4.69, 9.17) is 0 Å². The quantitative estimate of drug-likeness (QED) is 0.514. The van der Waals surface area contributed by atoms with E-state index in [1.165, 1.54) is 23.9 Å². The summed E-state index contributed by atoms with van der Waals surface area (Å²) in [7, 11) is 1.87. The predicted molar refractivity (Wildman–Crippen MR) is 125 cm³/mol. The zero-order valence-corrected chi connectivity index (χ0v) is 18.7. The van der Waals surface area contributed by atoms with E-state index in [0.29, 0.717) is 11.1 Å². The summed E-state index contributed by atoms with van der Waals surface area (Å²) >= 11 is 1.45. The van der Waals surface area contributed by atoms with Crippen molar-refractivity contribution in [1.29, 1.82) is 5.26 Å². The Balaban J connectivity index is 1.46. The van der Waals surface area contributed by atoms with Gasteiger partial charge >= 0.3 is 0 Å². The van der Waals surface area contributed by atoms with Crippen molar-refractivity contribution in [2.24, 2.45) is 0 Å². The monoisotopic (exact) mass is 445 g/mol. The lowest BCUT2D eigenvalue weighted by Crippen LogP contribution is -2.45. The van der Waals surface area contributed by atoms with Gasteiger partial charge in [-0.15, -0.1) is 0 Å². The standard InChI is InChI=1S/C26H24FN3OS/c1-29(21-14-16-30(17-15-21)22-12-10-20(27)11-13-22)26(31)23-7-3-5-9-25(23)32-24-8-4-2-6-19(24)18-28/h2-13,21H,14-17H2,1H3. The van der Waals surface area contributed by atoms with Gasteiger partial charge < -0.3 is 9.80 Å². The van der Waals surface area contributed by atoms with E-state index >= 15 is 0 Å². The lowest BCUT2D eigenvalue weighted by atomic mass is 10.0. The summed E-state index contributed by atoms with van der Waals surface area (Å²) in [5, 5.41) is 9.39. The third kappa shape index (κ3) is 4.79. The Kier molecular flexibility index (Phi) is 6.77. The van der Waals surface area contributed by atoms with Crippen LogP contribution in [0.5, 0.6) is 0 Å². The number of hydrogen-bond donors (Lipinski definition) is 0. The Morgan fingerprint density at radius 3 is 2.31 bits per heavy atom. The number of nitriles is 1. The first-order chi connectivity index (χ1) is 15.6. The third-order valence-electron chi connectivity index (χ3n) is 5.87. The molecule has 0 bridgehead atoms. The Morgan fingerprint density at radius 2 is 1.62 bits per heavy atom. The van der Waals surface area contributed by atoms with Crippen LogP contribution in [0.4, 0.5) is 10.1 Å². The molecule has 0 spiro atoms. The van der Waals surface area contributed by atoms with Gasteiger partial charge in [0, 0.05) is 41.7 Å². The molecule has 162 valence electrons. The van der Waals surface area contributed by atoms with Crippen molar-refractivity contribution in [2.75, 3.05) is 25.0 Å². The smallest absolute Gasteiger partial charge is 0.254 e. The van der Waals surface area contributed by atoms with Gasteiger partial charge in [0.15, 0.2) is 0 Å². The maximum absolute atomic E-state index is 13.4. The number of halogens is 1. The van der Waals surface area contributed by atoms with Crippen LogP contribution >= 0.6 is 11.8 Å². The van der Waals surface area contributed by atoms with Crippen molar-refractivity contribution in [2.45, 2.75) is 28.7 Å². The number of rotatable bonds is 5. The summed E-state index contributed by atoms with van der Waals surface area (Å²) in [4.78, 5) is 19.2. The predicted octanol–water partition coefficient (Wildman–Crippen LogP) is 5.59. The zero-order chi connectivity index (χ0) is 22.5. The second-order valence-corrected chi connectivity index (χ2v) is 8.90. The fourth-order valence-corrected chi connectivity index (χ4v) is 5.04. The molecule has 1 aliphatic heterocycles. The van der Waals surface area contributed by atoms with Crippen LogP contribution < -0.4 is 4.90 Å². The van der Waals surface area contributed by atoms with E-state index in [1.807, 2.05) is 54.4 Å². The molecule has 3 aromatic carbocycles. The molecule has 0 radical (unpaired) electrons. The number of carbonyl (C=O) groups is 1. The number of amides is 1. The van der Waals surface area contributed by atoms with E-state index in [2.05, 4.69) is 11.0 Å². The number of nitrogens with zero attached hydrogens (tertiary/aromatic N) is 3. The van der Waals surface area contributed by atoms with Crippen LogP contribution in [-0.4, -0.2) is 37.0 Å². The number of anilines is 1. The Labute approximate surface area is 192 Å². The van der Waals surface area contributed by atoms with Crippen molar-refractivity contribution < 1.29 is 9.18 Å². The van der Waals surface area contributed by atoms with Gasteiger partial charge in [-0.3, -0.25) is 4.79 Å².